The first-order chi connectivity index (χ1) is 17.7. The molecule has 0 radical (unpaired) electrons. The maximum absolute atomic E-state index is 13.5. The molecule has 1 aromatic heterocycles. The topological polar surface area (TPSA) is 111 Å². The van der Waals surface area contributed by atoms with Crippen LogP contribution in [0.4, 0.5) is 0 Å². The van der Waals surface area contributed by atoms with Gasteiger partial charge in [-0.15, -0.1) is 0 Å². The summed E-state index contributed by atoms with van der Waals surface area (Å²) in [6, 6.07) is 9.89. The molecular weight excluding hydrogens is 519 g/mol. The number of aryl methyl sites for hydroxylation is 1. The Balaban J connectivity index is 2.05. The van der Waals surface area contributed by atoms with Crippen molar-refractivity contribution in [2.24, 2.45) is 0 Å². The van der Waals surface area contributed by atoms with Crippen LogP contribution in [0.5, 0.6) is 23.1 Å². The van der Waals surface area contributed by atoms with Crippen LogP contribution < -0.4 is 19.8 Å². The van der Waals surface area contributed by atoms with Gasteiger partial charge in [0, 0.05) is 12.1 Å². The summed E-state index contributed by atoms with van der Waals surface area (Å²) in [4.78, 5) is 26.5. The lowest BCUT2D eigenvalue weighted by molar-refractivity contribution is 0.103. The minimum absolute atomic E-state index is 0.000692. The summed E-state index contributed by atoms with van der Waals surface area (Å²) in [5.74, 6) is 0.113. The number of hydrogen-bond donors (Lipinski definition) is 1. The average Bonchev–Trinajstić information content (AvgIpc) is 2.88. The number of pyridine rings is 1. The molecule has 0 amide bonds. The van der Waals surface area contributed by atoms with Crippen LogP contribution in [0.1, 0.15) is 46.0 Å². The van der Waals surface area contributed by atoms with Gasteiger partial charge in [-0.3, -0.25) is 14.2 Å². The molecule has 0 saturated carbocycles. The number of benzene rings is 2. The Bertz CT molecular complexity index is 1420. The Kier molecular flexibility index (Phi) is 9.09. The number of ether oxygens (including phenoxy) is 3. The molecule has 194 valence electrons. The molecule has 0 aliphatic heterocycles. The van der Waals surface area contributed by atoms with Gasteiger partial charge in [0.25, 0.3) is 5.56 Å². The van der Waals surface area contributed by atoms with Gasteiger partial charge in [-0.05, 0) is 55.2 Å². The van der Waals surface area contributed by atoms with Crippen molar-refractivity contribution in [2.75, 3.05) is 20.8 Å². The van der Waals surface area contributed by atoms with Crippen LogP contribution in [0.15, 0.2) is 35.1 Å². The third-order valence-corrected chi connectivity index (χ3v) is 6.37. The van der Waals surface area contributed by atoms with Gasteiger partial charge in [-0.1, -0.05) is 36.2 Å². The minimum atomic E-state index is -0.700. The fourth-order valence-electron chi connectivity index (χ4n) is 3.88. The second kappa shape index (κ2) is 12.0. The zero-order valence-corrected chi connectivity index (χ0v) is 22.4. The molecule has 1 N–H and O–H groups in total. The third kappa shape index (κ3) is 5.68. The molecule has 0 bridgehead atoms. The Labute approximate surface area is 224 Å². The highest BCUT2D eigenvalue weighted by Crippen LogP contribution is 2.36. The van der Waals surface area contributed by atoms with E-state index < -0.39 is 17.2 Å². The van der Waals surface area contributed by atoms with E-state index in [1.165, 1.54) is 33.3 Å². The molecule has 1 heterocycles. The molecule has 37 heavy (non-hydrogen) atoms. The summed E-state index contributed by atoms with van der Waals surface area (Å²) in [7, 11) is 3.03. The number of rotatable bonds is 10. The fraction of sp³-hybridized carbons (Fsp3) is 0.296. The lowest BCUT2D eigenvalue weighted by atomic mass is 9.97. The van der Waals surface area contributed by atoms with Crippen LogP contribution in [-0.2, 0) is 13.0 Å². The zero-order valence-electron chi connectivity index (χ0n) is 20.9. The number of carbonyl (C=O) groups excluding carboxylic acids is 1. The van der Waals surface area contributed by atoms with Crippen molar-refractivity contribution < 1.29 is 24.1 Å². The number of carbonyl (C=O) groups is 1. The molecular formula is C27H26Cl2N2O6. The van der Waals surface area contributed by atoms with E-state index in [1.807, 2.05) is 13.0 Å². The minimum Gasteiger partial charge on any atom is -0.494 e. The van der Waals surface area contributed by atoms with Gasteiger partial charge in [0.15, 0.2) is 23.0 Å². The standard InChI is InChI=1S/C27H26Cl2N2O6/c1-5-10-37-25-19(28)12-17(13-20(25)29)24(32)23-15(2)18(14-30)26(33)31(27(23)34)9-8-16-6-7-21(35-3)22(11-16)36-4/h6-7,11-13,34H,5,8-10H2,1-4H3. The number of nitriles is 1. The molecule has 2 aromatic carbocycles. The number of ketones is 1. The van der Waals surface area contributed by atoms with Gasteiger partial charge in [0.05, 0.1) is 36.4 Å². The summed E-state index contributed by atoms with van der Waals surface area (Å²) in [5, 5.41) is 21.0. The molecule has 10 heteroatoms. The predicted octanol–water partition coefficient (Wildman–Crippen LogP) is 5.32. The van der Waals surface area contributed by atoms with Crippen LogP contribution in [0.2, 0.25) is 10.0 Å². The monoisotopic (exact) mass is 544 g/mol. The first-order valence-corrected chi connectivity index (χ1v) is 12.2. The summed E-state index contributed by atoms with van der Waals surface area (Å²) >= 11 is 12.6. The van der Waals surface area contributed by atoms with E-state index in [2.05, 4.69) is 0 Å². The highest BCUT2D eigenvalue weighted by atomic mass is 35.5. The lowest BCUT2D eigenvalue weighted by Crippen LogP contribution is -2.27. The Morgan fingerprint density at radius 3 is 2.32 bits per heavy atom. The molecule has 3 aromatic rings. The molecule has 0 saturated heterocycles. The summed E-state index contributed by atoms with van der Waals surface area (Å²) in [5.41, 5.74) is -0.195. The van der Waals surface area contributed by atoms with E-state index in [4.69, 9.17) is 37.4 Å². The van der Waals surface area contributed by atoms with Crippen LogP contribution in [0.25, 0.3) is 0 Å². The summed E-state index contributed by atoms with van der Waals surface area (Å²) in [6.45, 7) is 3.76. The molecule has 3 rings (SSSR count). The van der Waals surface area contributed by atoms with Gasteiger partial charge in [-0.2, -0.15) is 5.26 Å². The number of aromatic hydroxyl groups is 1. The van der Waals surface area contributed by atoms with E-state index in [-0.39, 0.29) is 44.6 Å². The van der Waals surface area contributed by atoms with Crippen molar-refractivity contribution in [3.05, 3.63) is 78.5 Å². The molecule has 0 unspecified atom stereocenters. The number of halogens is 2. The van der Waals surface area contributed by atoms with Gasteiger partial charge >= 0.3 is 0 Å². The number of nitrogens with zero attached hydrogens (tertiary/aromatic N) is 2. The van der Waals surface area contributed by atoms with Crippen molar-refractivity contribution in [1.29, 1.82) is 5.26 Å². The maximum atomic E-state index is 13.5. The normalized spacial score (nSPS) is 10.6. The fourth-order valence-corrected chi connectivity index (χ4v) is 4.48. The highest BCUT2D eigenvalue weighted by molar-refractivity contribution is 6.38. The third-order valence-electron chi connectivity index (χ3n) is 5.81. The first kappa shape index (κ1) is 27.9. The van der Waals surface area contributed by atoms with Crippen molar-refractivity contribution in [2.45, 2.75) is 33.2 Å². The van der Waals surface area contributed by atoms with Crippen LogP contribution in [0, 0.1) is 18.3 Å². The Hall–Kier alpha value is -3.67. The SMILES string of the molecule is CCCOc1c(Cl)cc(C(=O)c2c(C)c(C#N)c(=O)n(CCc3ccc(OC)c(OC)c3)c2O)cc1Cl. The molecule has 8 nitrogen and oxygen atoms in total. The summed E-state index contributed by atoms with van der Waals surface area (Å²) in [6.07, 6.45) is 1.04. The van der Waals surface area contributed by atoms with Crippen LogP contribution in [-0.4, -0.2) is 36.3 Å². The molecule has 0 spiro atoms. The predicted molar refractivity (Wildman–Crippen MR) is 141 cm³/mol. The van der Waals surface area contributed by atoms with Crippen LogP contribution in [0.3, 0.4) is 0 Å². The van der Waals surface area contributed by atoms with E-state index in [0.717, 1.165) is 16.6 Å². The average molecular weight is 545 g/mol. The van der Waals surface area contributed by atoms with E-state index in [9.17, 15) is 20.0 Å². The zero-order chi connectivity index (χ0) is 27.3. The van der Waals surface area contributed by atoms with Crippen molar-refractivity contribution in [3.63, 3.8) is 0 Å². The van der Waals surface area contributed by atoms with Gasteiger partial charge < -0.3 is 19.3 Å². The van der Waals surface area contributed by atoms with Gasteiger partial charge in [0.1, 0.15) is 11.6 Å². The van der Waals surface area contributed by atoms with Crippen molar-refractivity contribution in [1.82, 2.24) is 4.57 Å². The summed E-state index contributed by atoms with van der Waals surface area (Å²) < 4.78 is 17.1. The van der Waals surface area contributed by atoms with E-state index in [1.54, 1.807) is 18.2 Å². The van der Waals surface area contributed by atoms with Crippen molar-refractivity contribution >= 4 is 29.0 Å². The first-order valence-electron chi connectivity index (χ1n) is 11.4. The Morgan fingerprint density at radius 2 is 1.76 bits per heavy atom. The van der Waals surface area contributed by atoms with E-state index in [0.29, 0.717) is 24.5 Å². The highest BCUT2D eigenvalue weighted by Gasteiger charge is 2.26. The van der Waals surface area contributed by atoms with Gasteiger partial charge in [-0.25, -0.2) is 0 Å². The molecule has 0 atom stereocenters. The second-order valence-electron chi connectivity index (χ2n) is 8.15. The smallest absolute Gasteiger partial charge is 0.271 e. The number of hydrogen-bond acceptors (Lipinski definition) is 7. The lowest BCUT2D eigenvalue weighted by Gasteiger charge is -2.17. The second-order valence-corrected chi connectivity index (χ2v) is 8.97. The van der Waals surface area contributed by atoms with E-state index >= 15 is 0 Å². The van der Waals surface area contributed by atoms with Gasteiger partial charge in [0.2, 0.25) is 5.88 Å². The number of aromatic nitrogens is 1. The van der Waals surface area contributed by atoms with Crippen LogP contribution >= 0.6 is 23.2 Å². The largest absolute Gasteiger partial charge is 0.494 e. The molecule has 0 fully saturated rings. The number of methoxy groups -OCH3 is 2. The molecule has 0 aliphatic carbocycles. The molecule has 0 aliphatic rings. The quantitative estimate of drug-likeness (QED) is 0.343. The Morgan fingerprint density at radius 1 is 1.11 bits per heavy atom. The maximum Gasteiger partial charge on any atom is 0.271 e. The van der Waals surface area contributed by atoms with Crippen molar-refractivity contribution in [3.8, 4) is 29.2 Å².